The van der Waals surface area contributed by atoms with Gasteiger partial charge in [0, 0.05) is 23.5 Å². The van der Waals surface area contributed by atoms with Crippen molar-refractivity contribution in [3.8, 4) is 5.75 Å². The van der Waals surface area contributed by atoms with Crippen LogP contribution in [0.1, 0.15) is 36.8 Å². The first-order valence-electron chi connectivity index (χ1n) is 15.3. The molecular weight excluding hydrogens is 666 g/mol. The molecule has 0 unspecified atom stereocenters. The Morgan fingerprint density at radius 1 is 0.848 bits per heavy atom. The number of nitrogens with one attached hydrogen (secondary N) is 1. The van der Waals surface area contributed by atoms with Crippen molar-refractivity contribution in [1.82, 2.24) is 10.2 Å². The number of hydrogen-bond donors (Lipinski definition) is 1. The maximum Gasteiger partial charge on any atom is 0.264 e. The van der Waals surface area contributed by atoms with Crippen LogP contribution in [0, 0.1) is 0 Å². The van der Waals surface area contributed by atoms with E-state index in [-0.39, 0.29) is 29.8 Å². The number of methoxy groups -OCH3 is 1. The zero-order valence-corrected chi connectivity index (χ0v) is 28.1. The van der Waals surface area contributed by atoms with E-state index in [2.05, 4.69) is 21.2 Å². The third-order valence-electron chi connectivity index (χ3n) is 8.21. The average Bonchev–Trinajstić information content (AvgIpc) is 3.59. The Balaban J connectivity index is 1.54. The monoisotopic (exact) mass is 703 g/mol. The fraction of sp³-hybridized carbons (Fsp3) is 0.278. The van der Waals surface area contributed by atoms with E-state index in [0.717, 1.165) is 45.6 Å². The number of rotatable bonds is 13. The van der Waals surface area contributed by atoms with E-state index in [4.69, 9.17) is 4.74 Å². The molecule has 4 aromatic carbocycles. The highest BCUT2D eigenvalue weighted by molar-refractivity contribution is 9.10. The summed E-state index contributed by atoms with van der Waals surface area (Å²) in [5, 5.41) is 3.20. The van der Waals surface area contributed by atoms with E-state index in [1.54, 1.807) is 42.5 Å². The van der Waals surface area contributed by atoms with Crippen molar-refractivity contribution in [1.29, 1.82) is 0 Å². The highest BCUT2D eigenvalue weighted by Crippen LogP contribution is 2.27. The van der Waals surface area contributed by atoms with Gasteiger partial charge in [0.1, 0.15) is 18.3 Å². The third-order valence-corrected chi connectivity index (χ3v) is 10.5. The van der Waals surface area contributed by atoms with Crippen LogP contribution in [0.3, 0.4) is 0 Å². The summed E-state index contributed by atoms with van der Waals surface area (Å²) in [5.41, 5.74) is 2.05. The summed E-state index contributed by atoms with van der Waals surface area (Å²) in [4.78, 5) is 30.2. The van der Waals surface area contributed by atoms with E-state index < -0.39 is 28.5 Å². The molecule has 0 heterocycles. The molecule has 0 spiro atoms. The fourth-order valence-corrected chi connectivity index (χ4v) is 7.38. The molecule has 240 valence electrons. The van der Waals surface area contributed by atoms with Crippen LogP contribution in [0.15, 0.2) is 119 Å². The number of benzene rings is 4. The number of nitrogens with zero attached hydrogens (tertiary/aromatic N) is 2. The Kier molecular flexibility index (Phi) is 11.1. The second kappa shape index (κ2) is 15.4. The van der Waals surface area contributed by atoms with Gasteiger partial charge in [-0.3, -0.25) is 13.9 Å². The van der Waals surface area contributed by atoms with Crippen LogP contribution in [0.4, 0.5) is 5.69 Å². The van der Waals surface area contributed by atoms with Gasteiger partial charge in [-0.05, 0) is 72.5 Å². The first-order chi connectivity index (χ1) is 22.2. The number of carbonyl (C=O) groups excluding carboxylic acids is 2. The van der Waals surface area contributed by atoms with Crippen molar-refractivity contribution in [3.63, 3.8) is 0 Å². The average molecular weight is 705 g/mol. The summed E-state index contributed by atoms with van der Waals surface area (Å²) < 4.78 is 35.5. The normalized spacial score (nSPS) is 14.0. The summed E-state index contributed by atoms with van der Waals surface area (Å²) in [5.74, 6) is -0.226. The molecular formula is C36H38BrN3O5S. The van der Waals surface area contributed by atoms with Gasteiger partial charge >= 0.3 is 0 Å². The van der Waals surface area contributed by atoms with Gasteiger partial charge in [0.2, 0.25) is 11.8 Å². The molecule has 1 aliphatic rings. The molecule has 4 aromatic rings. The molecule has 2 amide bonds. The summed E-state index contributed by atoms with van der Waals surface area (Å²) in [6.45, 7) is -0.385. The zero-order chi connectivity index (χ0) is 32.5. The van der Waals surface area contributed by atoms with Gasteiger partial charge < -0.3 is 15.0 Å². The van der Waals surface area contributed by atoms with Gasteiger partial charge in [-0.2, -0.15) is 0 Å². The standard InChI is InChI=1S/C36H38BrN3O5S/c1-45-32-20-22-33(23-21-32)46(43,44)40(31-14-6-3-7-15-31)26-35(41)39(25-28-16-18-29(37)19-17-28)34(24-27-10-4-2-5-11-27)36(42)38-30-12-8-9-13-30/h2-7,10-11,14-23,30,34H,8-9,12-13,24-26H2,1H3,(H,38,42)/t34-/m1/s1. The first-order valence-corrected chi connectivity index (χ1v) is 17.6. The van der Waals surface area contributed by atoms with Gasteiger partial charge in [-0.1, -0.05) is 89.4 Å². The summed E-state index contributed by atoms with van der Waals surface area (Å²) >= 11 is 3.47. The van der Waals surface area contributed by atoms with E-state index >= 15 is 0 Å². The minimum atomic E-state index is -4.19. The van der Waals surface area contributed by atoms with Crippen LogP contribution >= 0.6 is 15.9 Å². The molecule has 46 heavy (non-hydrogen) atoms. The number of amides is 2. The smallest absolute Gasteiger partial charge is 0.264 e. The van der Waals surface area contributed by atoms with E-state index in [1.165, 1.54) is 24.1 Å². The highest BCUT2D eigenvalue weighted by Gasteiger charge is 2.35. The summed E-state index contributed by atoms with van der Waals surface area (Å²) in [6.07, 6.45) is 4.16. The largest absolute Gasteiger partial charge is 0.497 e. The predicted octanol–water partition coefficient (Wildman–Crippen LogP) is 6.35. The minimum absolute atomic E-state index is 0.0178. The van der Waals surface area contributed by atoms with Crippen molar-refractivity contribution in [3.05, 3.63) is 125 Å². The van der Waals surface area contributed by atoms with Crippen LogP contribution < -0.4 is 14.4 Å². The van der Waals surface area contributed by atoms with Gasteiger partial charge in [0.05, 0.1) is 17.7 Å². The molecule has 1 N–H and O–H groups in total. The number of halogens is 1. The van der Waals surface area contributed by atoms with Crippen molar-refractivity contribution in [2.75, 3.05) is 18.0 Å². The Hall–Kier alpha value is -4.15. The van der Waals surface area contributed by atoms with Gasteiger partial charge in [-0.15, -0.1) is 0 Å². The number of hydrogen-bond acceptors (Lipinski definition) is 5. The number of carbonyl (C=O) groups is 2. The molecule has 0 bridgehead atoms. The van der Waals surface area contributed by atoms with Gasteiger partial charge in [0.15, 0.2) is 0 Å². The molecule has 10 heteroatoms. The number of sulfonamides is 1. The SMILES string of the molecule is COc1ccc(S(=O)(=O)N(CC(=O)N(Cc2ccc(Br)cc2)[C@H](Cc2ccccc2)C(=O)NC2CCCC2)c2ccccc2)cc1. The Morgan fingerprint density at radius 2 is 1.46 bits per heavy atom. The number of para-hydroxylation sites is 1. The van der Waals surface area contributed by atoms with Gasteiger partial charge in [-0.25, -0.2) is 8.42 Å². The van der Waals surface area contributed by atoms with Crippen molar-refractivity contribution in [2.24, 2.45) is 0 Å². The lowest BCUT2D eigenvalue weighted by Gasteiger charge is -2.34. The second-order valence-corrected chi connectivity index (χ2v) is 14.1. The second-order valence-electron chi connectivity index (χ2n) is 11.4. The molecule has 5 rings (SSSR count). The van der Waals surface area contributed by atoms with Crippen molar-refractivity contribution in [2.45, 2.75) is 55.6 Å². The Labute approximate surface area is 279 Å². The van der Waals surface area contributed by atoms with E-state index in [9.17, 15) is 18.0 Å². The molecule has 8 nitrogen and oxygen atoms in total. The molecule has 0 aromatic heterocycles. The van der Waals surface area contributed by atoms with E-state index in [1.807, 2.05) is 54.6 Å². The number of anilines is 1. The Morgan fingerprint density at radius 3 is 2.07 bits per heavy atom. The molecule has 0 radical (unpaired) electrons. The molecule has 1 aliphatic carbocycles. The van der Waals surface area contributed by atoms with Crippen molar-refractivity contribution >= 4 is 43.5 Å². The third kappa shape index (κ3) is 8.35. The minimum Gasteiger partial charge on any atom is -0.497 e. The van der Waals surface area contributed by atoms with Crippen LogP contribution in [-0.2, 0) is 32.6 Å². The van der Waals surface area contributed by atoms with E-state index in [0.29, 0.717) is 11.4 Å². The van der Waals surface area contributed by atoms with Crippen LogP contribution in [-0.4, -0.2) is 50.9 Å². The quantitative estimate of drug-likeness (QED) is 0.175. The highest BCUT2D eigenvalue weighted by atomic mass is 79.9. The van der Waals surface area contributed by atoms with Crippen LogP contribution in [0.2, 0.25) is 0 Å². The zero-order valence-electron chi connectivity index (χ0n) is 25.7. The molecule has 1 atom stereocenters. The first kappa shape index (κ1) is 33.2. The lowest BCUT2D eigenvalue weighted by Crippen LogP contribution is -2.54. The predicted molar refractivity (Wildman–Crippen MR) is 183 cm³/mol. The topological polar surface area (TPSA) is 96.0 Å². The molecule has 0 saturated heterocycles. The van der Waals surface area contributed by atoms with Crippen LogP contribution in [0.25, 0.3) is 0 Å². The van der Waals surface area contributed by atoms with Crippen LogP contribution in [0.5, 0.6) is 5.75 Å². The van der Waals surface area contributed by atoms with Crippen molar-refractivity contribution < 1.29 is 22.7 Å². The summed E-state index contributed by atoms with van der Waals surface area (Å²) in [6, 6.07) is 30.9. The lowest BCUT2D eigenvalue weighted by molar-refractivity contribution is -0.140. The maximum atomic E-state index is 14.6. The molecule has 1 fully saturated rings. The van der Waals surface area contributed by atoms with Gasteiger partial charge in [0.25, 0.3) is 10.0 Å². The lowest BCUT2D eigenvalue weighted by atomic mass is 10.0. The fourth-order valence-electron chi connectivity index (χ4n) is 5.71. The Bertz CT molecular complexity index is 1700. The molecule has 1 saturated carbocycles. The maximum absolute atomic E-state index is 14.6. The summed E-state index contributed by atoms with van der Waals surface area (Å²) in [7, 11) is -2.68. The molecule has 0 aliphatic heterocycles. The number of ether oxygens (including phenoxy) is 1.